The number of aromatic nitrogens is 2. The Labute approximate surface area is 172 Å². The van der Waals surface area contributed by atoms with Gasteiger partial charge in [-0.1, -0.05) is 47.2 Å². The second-order valence-electron chi connectivity index (χ2n) is 6.91. The summed E-state index contributed by atoms with van der Waals surface area (Å²) in [4.78, 5) is 14.6. The van der Waals surface area contributed by atoms with Gasteiger partial charge in [-0.25, -0.2) is 4.39 Å². The molecule has 2 heterocycles. The highest BCUT2D eigenvalue weighted by Gasteiger charge is 2.27. The molecule has 1 atom stereocenters. The molecule has 1 amide bonds. The Kier molecular flexibility index (Phi) is 5.69. The third-order valence-corrected chi connectivity index (χ3v) is 6.31. The summed E-state index contributed by atoms with van der Waals surface area (Å²) in [5.41, 5.74) is 1.42. The van der Waals surface area contributed by atoms with Gasteiger partial charge in [-0.15, -0.1) is 10.2 Å². The van der Waals surface area contributed by atoms with Crippen molar-refractivity contribution in [3.05, 3.63) is 69.9 Å². The number of piperidine rings is 1. The molecule has 7 heteroatoms. The highest BCUT2D eigenvalue weighted by molar-refractivity contribution is 7.14. The largest absolute Gasteiger partial charge is 0.342 e. The summed E-state index contributed by atoms with van der Waals surface area (Å²) in [7, 11) is 0. The highest BCUT2D eigenvalue weighted by atomic mass is 35.5. The molecule has 1 saturated heterocycles. The quantitative estimate of drug-likeness (QED) is 0.605. The summed E-state index contributed by atoms with van der Waals surface area (Å²) in [6.45, 7) is 1.38. The summed E-state index contributed by atoms with van der Waals surface area (Å²) >= 11 is 7.32. The van der Waals surface area contributed by atoms with Crippen molar-refractivity contribution in [1.29, 1.82) is 0 Å². The van der Waals surface area contributed by atoms with E-state index in [1.807, 2.05) is 17.0 Å². The molecular weight excluding hydrogens is 397 g/mol. The van der Waals surface area contributed by atoms with Crippen LogP contribution in [0, 0.1) is 5.82 Å². The summed E-state index contributed by atoms with van der Waals surface area (Å²) in [5, 5.41) is 10.6. The number of nitrogens with zero attached hydrogens (tertiary/aromatic N) is 3. The molecule has 1 fully saturated rings. The van der Waals surface area contributed by atoms with Crippen molar-refractivity contribution in [1.82, 2.24) is 15.1 Å². The van der Waals surface area contributed by atoms with Gasteiger partial charge >= 0.3 is 0 Å². The van der Waals surface area contributed by atoms with Crippen molar-refractivity contribution in [2.45, 2.75) is 25.2 Å². The zero-order valence-corrected chi connectivity index (χ0v) is 16.7. The summed E-state index contributed by atoms with van der Waals surface area (Å²) in [5.74, 6) is -0.0552. The van der Waals surface area contributed by atoms with Gasteiger partial charge in [-0.2, -0.15) is 0 Å². The van der Waals surface area contributed by atoms with E-state index in [0.717, 1.165) is 30.0 Å². The molecule has 28 heavy (non-hydrogen) atoms. The smallest absolute Gasteiger partial charge is 0.227 e. The maximum absolute atomic E-state index is 14.0. The van der Waals surface area contributed by atoms with Crippen LogP contribution in [0.5, 0.6) is 0 Å². The van der Waals surface area contributed by atoms with Gasteiger partial charge < -0.3 is 4.90 Å². The van der Waals surface area contributed by atoms with Gasteiger partial charge in [-0.05, 0) is 42.7 Å². The topological polar surface area (TPSA) is 46.1 Å². The van der Waals surface area contributed by atoms with Gasteiger partial charge in [-0.3, -0.25) is 4.79 Å². The van der Waals surface area contributed by atoms with E-state index >= 15 is 0 Å². The minimum Gasteiger partial charge on any atom is -0.342 e. The zero-order valence-electron chi connectivity index (χ0n) is 15.1. The van der Waals surface area contributed by atoms with Gasteiger partial charge in [0.25, 0.3) is 0 Å². The number of hydrogen-bond donors (Lipinski definition) is 0. The molecule has 3 aromatic rings. The first-order valence-electron chi connectivity index (χ1n) is 9.20. The molecule has 144 valence electrons. The van der Waals surface area contributed by atoms with Crippen LogP contribution in [-0.2, 0) is 11.2 Å². The fraction of sp³-hybridized carbons (Fsp3) is 0.286. The highest BCUT2D eigenvalue weighted by Crippen LogP contribution is 2.33. The van der Waals surface area contributed by atoms with Crippen LogP contribution in [0.1, 0.15) is 29.3 Å². The number of halogens is 2. The van der Waals surface area contributed by atoms with Crippen LogP contribution >= 0.6 is 22.9 Å². The van der Waals surface area contributed by atoms with Crippen LogP contribution in [0.2, 0.25) is 5.02 Å². The molecule has 0 saturated carbocycles. The lowest BCUT2D eigenvalue weighted by Crippen LogP contribution is -2.39. The van der Waals surface area contributed by atoms with E-state index in [0.29, 0.717) is 28.6 Å². The van der Waals surface area contributed by atoms with Gasteiger partial charge in [0.15, 0.2) is 5.01 Å². The second kappa shape index (κ2) is 8.37. The minimum atomic E-state index is -0.298. The van der Waals surface area contributed by atoms with Crippen LogP contribution in [0.15, 0.2) is 48.5 Å². The lowest BCUT2D eigenvalue weighted by molar-refractivity contribution is -0.131. The number of benzene rings is 2. The SMILES string of the molecule is O=C(Cc1ccc(Cl)cc1)N1CCCC(c2nnc(-c3ccccc3F)s2)C1. The third kappa shape index (κ3) is 4.23. The van der Waals surface area contributed by atoms with Crippen LogP contribution in [0.25, 0.3) is 10.6 Å². The van der Waals surface area contributed by atoms with Crippen molar-refractivity contribution in [2.24, 2.45) is 0 Å². The average molecular weight is 416 g/mol. The number of rotatable bonds is 4. The number of carbonyl (C=O) groups is 1. The molecule has 1 aliphatic rings. The number of carbonyl (C=O) groups excluding carboxylic acids is 1. The fourth-order valence-electron chi connectivity index (χ4n) is 3.44. The molecule has 1 aromatic heterocycles. The summed E-state index contributed by atoms with van der Waals surface area (Å²) in [6.07, 6.45) is 2.24. The van der Waals surface area contributed by atoms with E-state index in [-0.39, 0.29) is 17.6 Å². The molecule has 4 nitrogen and oxygen atoms in total. The lowest BCUT2D eigenvalue weighted by Gasteiger charge is -2.31. The van der Waals surface area contributed by atoms with E-state index in [2.05, 4.69) is 10.2 Å². The van der Waals surface area contributed by atoms with Crippen molar-refractivity contribution in [2.75, 3.05) is 13.1 Å². The molecule has 0 N–H and O–H groups in total. The normalized spacial score (nSPS) is 16.9. The standard InChI is InChI=1S/C21H19ClFN3OS/c22-16-9-7-14(8-10-16)12-19(27)26-11-3-4-15(13-26)20-24-25-21(28-20)17-5-1-2-6-18(17)23/h1-2,5-10,15H,3-4,11-13H2. The van der Waals surface area contributed by atoms with Gasteiger partial charge in [0.05, 0.1) is 6.42 Å². The van der Waals surface area contributed by atoms with Crippen molar-refractivity contribution >= 4 is 28.8 Å². The Balaban J connectivity index is 1.44. The monoisotopic (exact) mass is 415 g/mol. The Morgan fingerprint density at radius 3 is 2.75 bits per heavy atom. The Bertz CT molecular complexity index is 976. The first-order valence-corrected chi connectivity index (χ1v) is 10.4. The van der Waals surface area contributed by atoms with Crippen LogP contribution < -0.4 is 0 Å². The van der Waals surface area contributed by atoms with E-state index in [9.17, 15) is 9.18 Å². The lowest BCUT2D eigenvalue weighted by atomic mass is 9.98. The molecule has 0 radical (unpaired) electrons. The molecule has 1 aliphatic heterocycles. The maximum Gasteiger partial charge on any atom is 0.227 e. The van der Waals surface area contributed by atoms with E-state index in [4.69, 9.17) is 11.6 Å². The second-order valence-corrected chi connectivity index (χ2v) is 8.35. The number of likely N-dealkylation sites (tertiary alicyclic amines) is 1. The third-order valence-electron chi connectivity index (χ3n) is 4.94. The van der Waals surface area contributed by atoms with E-state index in [1.54, 1.807) is 30.3 Å². The molecule has 0 bridgehead atoms. The van der Waals surface area contributed by atoms with Crippen LogP contribution in [0.4, 0.5) is 4.39 Å². The molecule has 0 spiro atoms. The first kappa shape index (κ1) is 19.0. The van der Waals surface area contributed by atoms with Crippen molar-refractivity contribution in [3.63, 3.8) is 0 Å². The van der Waals surface area contributed by atoms with Gasteiger partial charge in [0.1, 0.15) is 10.8 Å². The Hall–Kier alpha value is -2.31. The molecule has 4 rings (SSSR count). The van der Waals surface area contributed by atoms with Gasteiger partial charge in [0, 0.05) is 29.6 Å². The first-order chi connectivity index (χ1) is 13.6. The average Bonchev–Trinajstić information content (AvgIpc) is 3.20. The maximum atomic E-state index is 14.0. The van der Waals surface area contributed by atoms with Crippen molar-refractivity contribution in [3.8, 4) is 10.6 Å². The number of hydrogen-bond acceptors (Lipinski definition) is 4. The molecular formula is C21H19ClFN3OS. The van der Waals surface area contributed by atoms with Crippen LogP contribution in [-0.4, -0.2) is 34.1 Å². The predicted octanol–water partition coefficient (Wildman–Crippen LogP) is 4.95. The van der Waals surface area contributed by atoms with E-state index < -0.39 is 0 Å². The number of amides is 1. The Morgan fingerprint density at radius 2 is 1.96 bits per heavy atom. The molecule has 1 unspecified atom stereocenters. The summed E-state index contributed by atoms with van der Waals surface area (Å²) < 4.78 is 14.0. The minimum absolute atomic E-state index is 0.103. The van der Waals surface area contributed by atoms with Crippen LogP contribution in [0.3, 0.4) is 0 Å². The van der Waals surface area contributed by atoms with E-state index in [1.165, 1.54) is 17.4 Å². The molecule has 2 aromatic carbocycles. The predicted molar refractivity (Wildman–Crippen MR) is 109 cm³/mol. The van der Waals surface area contributed by atoms with Gasteiger partial charge in [0.2, 0.25) is 5.91 Å². The van der Waals surface area contributed by atoms with Crippen molar-refractivity contribution < 1.29 is 9.18 Å². The zero-order chi connectivity index (χ0) is 19.5. The molecule has 0 aliphatic carbocycles. The fourth-order valence-corrected chi connectivity index (χ4v) is 4.56. The Morgan fingerprint density at radius 1 is 1.18 bits per heavy atom. The summed E-state index contributed by atoms with van der Waals surface area (Å²) in [6, 6.07) is 13.9.